The van der Waals surface area contributed by atoms with Crippen LogP contribution in [-0.4, -0.2) is 17.2 Å². The summed E-state index contributed by atoms with van der Waals surface area (Å²) >= 11 is 4.49. The highest BCUT2D eigenvalue weighted by atomic mass is 127. The highest BCUT2D eigenvalue weighted by molar-refractivity contribution is 14.1. The van der Waals surface area contributed by atoms with Crippen molar-refractivity contribution in [1.29, 1.82) is 0 Å². The molecule has 0 aliphatic heterocycles. The minimum absolute atomic E-state index is 0.453. The van der Waals surface area contributed by atoms with Crippen molar-refractivity contribution in [1.82, 2.24) is 5.43 Å². The number of ether oxygens (including phenoxy) is 1. The van der Waals surface area contributed by atoms with Gasteiger partial charge in [-0.25, -0.2) is 5.43 Å². The number of amides is 1. The standard InChI is InChI=1S/C32H24I2N2O3/c33-28-18-22(19-29(34)30(28)39-21-24-12-9-11-23-10-7-8-17-27(23)24)20-35-36-31(37)32(38,25-13-3-1-4-14-25)26-15-5-2-6-16-26/h1-20,38H,21H2,(H,36,37)/b35-20+. The average molecular weight is 738 g/mol. The molecule has 39 heavy (non-hydrogen) atoms. The largest absolute Gasteiger partial charge is 0.487 e. The average Bonchev–Trinajstić information content (AvgIpc) is 2.97. The highest BCUT2D eigenvalue weighted by Gasteiger charge is 2.39. The van der Waals surface area contributed by atoms with Crippen molar-refractivity contribution in [3.05, 3.63) is 145 Å². The number of hydrogen-bond acceptors (Lipinski definition) is 4. The molecular weight excluding hydrogens is 714 g/mol. The van der Waals surface area contributed by atoms with Crippen LogP contribution in [0.15, 0.2) is 120 Å². The summed E-state index contributed by atoms with van der Waals surface area (Å²) in [5.41, 5.74) is 3.48. The van der Waals surface area contributed by atoms with Gasteiger partial charge in [0.2, 0.25) is 0 Å². The first-order chi connectivity index (χ1) is 19.0. The number of hydrazone groups is 1. The van der Waals surface area contributed by atoms with E-state index in [4.69, 9.17) is 4.74 Å². The topological polar surface area (TPSA) is 70.9 Å². The monoisotopic (exact) mass is 738 g/mol. The zero-order valence-electron chi connectivity index (χ0n) is 20.7. The van der Waals surface area contributed by atoms with Gasteiger partial charge in [-0.1, -0.05) is 103 Å². The fourth-order valence-electron chi connectivity index (χ4n) is 4.39. The Bertz CT molecular complexity index is 1570. The molecule has 0 aliphatic rings. The molecule has 0 saturated carbocycles. The van der Waals surface area contributed by atoms with Crippen LogP contribution in [0.3, 0.4) is 0 Å². The summed E-state index contributed by atoms with van der Waals surface area (Å²) < 4.78 is 8.10. The van der Waals surface area contributed by atoms with Crippen LogP contribution < -0.4 is 10.2 Å². The lowest BCUT2D eigenvalue weighted by Crippen LogP contribution is -2.43. The second-order valence-corrected chi connectivity index (χ2v) is 11.2. The molecule has 5 aromatic rings. The molecule has 0 atom stereocenters. The smallest absolute Gasteiger partial charge is 0.281 e. The van der Waals surface area contributed by atoms with Crippen molar-refractivity contribution in [2.75, 3.05) is 0 Å². The maximum Gasteiger partial charge on any atom is 0.281 e. The maximum atomic E-state index is 13.3. The molecule has 5 aromatic carbocycles. The third kappa shape index (κ3) is 6.00. The van der Waals surface area contributed by atoms with E-state index < -0.39 is 11.5 Å². The molecule has 0 saturated heterocycles. The number of rotatable bonds is 8. The zero-order chi connectivity index (χ0) is 27.2. The number of fused-ring (bicyclic) bond motifs is 1. The van der Waals surface area contributed by atoms with Crippen LogP contribution in [0.5, 0.6) is 5.75 Å². The minimum Gasteiger partial charge on any atom is -0.487 e. The van der Waals surface area contributed by atoms with Gasteiger partial charge in [-0.3, -0.25) is 4.79 Å². The van der Waals surface area contributed by atoms with Crippen LogP contribution in [0, 0.1) is 7.14 Å². The number of nitrogens with zero attached hydrogens (tertiary/aromatic N) is 1. The van der Waals surface area contributed by atoms with E-state index in [1.165, 1.54) is 10.8 Å². The van der Waals surface area contributed by atoms with Crippen molar-refractivity contribution in [2.24, 2.45) is 5.10 Å². The van der Waals surface area contributed by atoms with Crippen molar-refractivity contribution in [3.8, 4) is 5.75 Å². The molecule has 194 valence electrons. The lowest BCUT2D eigenvalue weighted by atomic mass is 9.85. The Morgan fingerprint density at radius 3 is 2.03 bits per heavy atom. The Morgan fingerprint density at radius 1 is 0.821 bits per heavy atom. The van der Waals surface area contributed by atoms with E-state index in [0.717, 1.165) is 24.0 Å². The number of benzene rings is 5. The zero-order valence-corrected chi connectivity index (χ0v) is 25.0. The quantitative estimate of drug-likeness (QED) is 0.102. The number of carbonyl (C=O) groups excluding carboxylic acids is 1. The van der Waals surface area contributed by atoms with Crippen LogP contribution in [0.2, 0.25) is 0 Å². The molecule has 5 nitrogen and oxygen atoms in total. The van der Waals surface area contributed by atoms with Gasteiger partial charge in [0, 0.05) is 0 Å². The first-order valence-corrected chi connectivity index (χ1v) is 14.4. The molecule has 1 amide bonds. The molecule has 0 aromatic heterocycles. The fraction of sp³-hybridized carbons (Fsp3) is 0.0625. The van der Waals surface area contributed by atoms with Gasteiger partial charge >= 0.3 is 0 Å². The van der Waals surface area contributed by atoms with E-state index in [0.29, 0.717) is 17.7 Å². The van der Waals surface area contributed by atoms with Crippen LogP contribution in [0.1, 0.15) is 22.3 Å². The molecule has 0 heterocycles. The maximum absolute atomic E-state index is 13.3. The van der Waals surface area contributed by atoms with Gasteiger partial charge in [0.15, 0.2) is 5.60 Å². The third-order valence-corrected chi connectivity index (χ3v) is 7.97. The van der Waals surface area contributed by atoms with Gasteiger partial charge in [0.25, 0.3) is 5.91 Å². The Balaban J connectivity index is 1.32. The first kappa shape index (κ1) is 27.3. The normalized spacial score (nSPS) is 11.6. The van der Waals surface area contributed by atoms with E-state index >= 15 is 0 Å². The van der Waals surface area contributed by atoms with Crippen LogP contribution in [0.4, 0.5) is 0 Å². The van der Waals surface area contributed by atoms with Crippen molar-refractivity contribution in [3.63, 3.8) is 0 Å². The molecule has 5 rings (SSSR count). The Kier molecular flexibility index (Phi) is 8.59. The lowest BCUT2D eigenvalue weighted by molar-refractivity contribution is -0.136. The third-order valence-electron chi connectivity index (χ3n) is 6.36. The second-order valence-electron chi connectivity index (χ2n) is 8.88. The number of hydrogen-bond donors (Lipinski definition) is 2. The molecule has 0 bridgehead atoms. The van der Waals surface area contributed by atoms with Gasteiger partial charge in [-0.05, 0) is 90.3 Å². The molecule has 0 radical (unpaired) electrons. The van der Waals surface area contributed by atoms with Crippen molar-refractivity contribution >= 4 is 68.1 Å². The van der Waals surface area contributed by atoms with E-state index in [1.54, 1.807) is 54.7 Å². The summed E-state index contributed by atoms with van der Waals surface area (Å²) in [6.45, 7) is 0.453. The van der Waals surface area contributed by atoms with Crippen molar-refractivity contribution < 1.29 is 14.6 Å². The van der Waals surface area contributed by atoms with E-state index in [-0.39, 0.29) is 0 Å². The number of halogens is 2. The summed E-state index contributed by atoms with van der Waals surface area (Å²) in [5.74, 6) is 0.156. The summed E-state index contributed by atoms with van der Waals surface area (Å²) in [4.78, 5) is 13.3. The second kappa shape index (κ2) is 12.3. The van der Waals surface area contributed by atoms with Gasteiger partial charge in [0.1, 0.15) is 12.4 Å². The highest BCUT2D eigenvalue weighted by Crippen LogP contribution is 2.31. The number of carbonyl (C=O) groups is 1. The van der Waals surface area contributed by atoms with E-state index in [9.17, 15) is 9.90 Å². The molecule has 0 fully saturated rings. The fourth-order valence-corrected chi connectivity index (χ4v) is 6.52. The summed E-state index contributed by atoms with van der Waals surface area (Å²) in [6, 6.07) is 36.1. The van der Waals surface area contributed by atoms with Gasteiger partial charge < -0.3 is 9.84 Å². The lowest BCUT2D eigenvalue weighted by Gasteiger charge is -2.27. The summed E-state index contributed by atoms with van der Waals surface area (Å²) in [6.07, 6.45) is 1.56. The van der Waals surface area contributed by atoms with E-state index in [2.05, 4.69) is 80.0 Å². The summed E-state index contributed by atoms with van der Waals surface area (Å²) in [7, 11) is 0. The van der Waals surface area contributed by atoms with E-state index in [1.807, 2.05) is 42.5 Å². The van der Waals surface area contributed by atoms with Gasteiger partial charge in [0.05, 0.1) is 13.4 Å². The molecule has 2 N–H and O–H groups in total. The predicted octanol–water partition coefficient (Wildman–Crippen LogP) is 7.01. The van der Waals surface area contributed by atoms with Crippen LogP contribution >= 0.6 is 45.2 Å². The Labute approximate surface area is 254 Å². The predicted molar refractivity (Wildman–Crippen MR) is 172 cm³/mol. The Hall–Kier alpha value is -3.28. The van der Waals surface area contributed by atoms with Gasteiger partial charge in [-0.2, -0.15) is 5.10 Å². The molecule has 0 spiro atoms. The molecule has 0 unspecified atom stereocenters. The van der Waals surface area contributed by atoms with Crippen molar-refractivity contribution in [2.45, 2.75) is 12.2 Å². The SMILES string of the molecule is O=C(N/N=C/c1cc(I)c(OCc2cccc3ccccc23)c(I)c1)C(O)(c1ccccc1)c1ccccc1. The molecule has 7 heteroatoms. The van der Waals surface area contributed by atoms with Gasteiger partial charge in [-0.15, -0.1) is 0 Å². The molecular formula is C32H24I2N2O3. The Morgan fingerprint density at radius 2 is 1.38 bits per heavy atom. The van der Waals surface area contributed by atoms with Crippen LogP contribution in [0.25, 0.3) is 10.8 Å². The summed E-state index contributed by atoms with van der Waals surface area (Å²) in [5, 5.41) is 18.1. The number of nitrogens with one attached hydrogen (secondary N) is 1. The first-order valence-electron chi connectivity index (χ1n) is 12.2. The van der Waals surface area contributed by atoms with Crippen LogP contribution in [-0.2, 0) is 17.0 Å². The molecule has 0 aliphatic carbocycles. The minimum atomic E-state index is -1.89. The number of aliphatic hydroxyl groups is 1.